The summed E-state index contributed by atoms with van der Waals surface area (Å²) in [5, 5.41) is 0. The summed E-state index contributed by atoms with van der Waals surface area (Å²) in [6.45, 7) is 0. The molecule has 0 amide bonds. The minimum Gasteiger partial charge on any atom is -0.490 e. The molecule has 18 heavy (non-hydrogen) atoms. The molecule has 2 aromatic rings. The Morgan fingerprint density at radius 1 is 0.944 bits per heavy atom. The molecule has 2 heteroatoms. The van der Waals surface area contributed by atoms with Crippen LogP contribution in [0.5, 0.6) is 5.75 Å². The molecular formula is C16H14O2. The van der Waals surface area contributed by atoms with Gasteiger partial charge in [-0.3, -0.25) is 4.79 Å². The Morgan fingerprint density at radius 3 is 2.39 bits per heavy atom. The smallest absolute Gasteiger partial charge is 0.193 e. The summed E-state index contributed by atoms with van der Waals surface area (Å²) in [6, 6.07) is 16.7. The summed E-state index contributed by atoms with van der Waals surface area (Å²) in [5.74, 6) is 0.830. The quantitative estimate of drug-likeness (QED) is 0.762. The van der Waals surface area contributed by atoms with Crippen LogP contribution in [0.25, 0.3) is 0 Å². The van der Waals surface area contributed by atoms with E-state index in [0.717, 1.165) is 18.6 Å². The van der Waals surface area contributed by atoms with E-state index < -0.39 is 0 Å². The summed E-state index contributed by atoms with van der Waals surface area (Å²) in [4.78, 5) is 12.2. The van der Waals surface area contributed by atoms with Gasteiger partial charge in [-0.25, -0.2) is 0 Å². The van der Waals surface area contributed by atoms with E-state index >= 15 is 0 Å². The third-order valence-electron chi connectivity index (χ3n) is 2.96. The van der Waals surface area contributed by atoms with Crippen molar-refractivity contribution >= 4 is 5.78 Å². The van der Waals surface area contributed by atoms with Gasteiger partial charge < -0.3 is 4.74 Å². The Balaban J connectivity index is 1.84. The zero-order chi connectivity index (χ0) is 12.4. The number of benzene rings is 2. The van der Waals surface area contributed by atoms with E-state index in [9.17, 15) is 4.79 Å². The fourth-order valence-electron chi connectivity index (χ4n) is 1.85. The number of carbonyl (C=O) groups is 1. The van der Waals surface area contributed by atoms with Gasteiger partial charge in [-0.15, -0.1) is 0 Å². The van der Waals surface area contributed by atoms with Gasteiger partial charge >= 0.3 is 0 Å². The first-order chi connectivity index (χ1) is 8.83. The molecule has 1 fully saturated rings. The average Bonchev–Trinajstić information content (AvgIpc) is 3.23. The molecule has 2 aromatic carbocycles. The van der Waals surface area contributed by atoms with Gasteiger partial charge in [0.05, 0.1) is 6.10 Å². The maximum Gasteiger partial charge on any atom is 0.193 e. The van der Waals surface area contributed by atoms with Gasteiger partial charge in [0.1, 0.15) is 5.75 Å². The molecule has 0 aromatic heterocycles. The normalized spacial score (nSPS) is 14.2. The topological polar surface area (TPSA) is 26.3 Å². The van der Waals surface area contributed by atoms with Crippen LogP contribution < -0.4 is 4.74 Å². The molecule has 0 atom stereocenters. The van der Waals surface area contributed by atoms with Gasteiger partial charge in [-0.1, -0.05) is 42.5 Å². The van der Waals surface area contributed by atoms with Crippen molar-refractivity contribution < 1.29 is 9.53 Å². The molecule has 1 saturated carbocycles. The molecule has 0 aliphatic heterocycles. The molecule has 1 aliphatic carbocycles. The Labute approximate surface area is 106 Å². The van der Waals surface area contributed by atoms with E-state index in [0.29, 0.717) is 17.2 Å². The molecule has 2 nitrogen and oxygen atoms in total. The molecule has 0 unspecified atom stereocenters. The van der Waals surface area contributed by atoms with Crippen LogP contribution in [0.3, 0.4) is 0 Å². The summed E-state index contributed by atoms with van der Waals surface area (Å²) in [6.07, 6.45) is 2.60. The molecule has 90 valence electrons. The second kappa shape index (κ2) is 4.65. The van der Waals surface area contributed by atoms with Gasteiger partial charge in [-0.2, -0.15) is 0 Å². The number of hydrogen-bond acceptors (Lipinski definition) is 2. The Hall–Kier alpha value is -2.09. The lowest BCUT2D eigenvalue weighted by atomic mass is 10.0. The van der Waals surface area contributed by atoms with E-state index in [2.05, 4.69) is 0 Å². The molecule has 0 bridgehead atoms. The molecule has 0 N–H and O–H groups in total. The number of hydrogen-bond donors (Lipinski definition) is 0. The molecule has 0 heterocycles. The van der Waals surface area contributed by atoms with Crippen molar-refractivity contribution in [1.29, 1.82) is 0 Å². The van der Waals surface area contributed by atoms with Crippen molar-refractivity contribution in [1.82, 2.24) is 0 Å². The van der Waals surface area contributed by atoms with Crippen LogP contribution in [0.15, 0.2) is 54.6 Å². The van der Waals surface area contributed by atoms with Crippen LogP contribution in [0.2, 0.25) is 0 Å². The molecule has 1 aliphatic rings. The van der Waals surface area contributed by atoms with Crippen LogP contribution in [0.4, 0.5) is 0 Å². The van der Waals surface area contributed by atoms with Crippen molar-refractivity contribution in [2.45, 2.75) is 18.9 Å². The minimum absolute atomic E-state index is 0.0387. The molecule has 0 saturated heterocycles. The van der Waals surface area contributed by atoms with Gasteiger partial charge in [0.2, 0.25) is 0 Å². The van der Waals surface area contributed by atoms with Crippen molar-refractivity contribution in [2.24, 2.45) is 0 Å². The monoisotopic (exact) mass is 238 g/mol. The fraction of sp³-hybridized carbons (Fsp3) is 0.188. The van der Waals surface area contributed by atoms with Gasteiger partial charge in [0.25, 0.3) is 0 Å². The zero-order valence-electron chi connectivity index (χ0n) is 10.0. The van der Waals surface area contributed by atoms with Crippen LogP contribution in [0.1, 0.15) is 28.8 Å². The molecule has 0 radical (unpaired) electrons. The van der Waals surface area contributed by atoms with Gasteiger partial charge in [0, 0.05) is 11.1 Å². The SMILES string of the molecule is O=C(c1ccccc1)c1cccc(OC2CC2)c1. The van der Waals surface area contributed by atoms with E-state index in [-0.39, 0.29) is 5.78 Å². The van der Waals surface area contributed by atoms with Crippen molar-refractivity contribution in [3.8, 4) is 5.75 Å². The van der Waals surface area contributed by atoms with Gasteiger partial charge in [0.15, 0.2) is 5.78 Å². The average molecular weight is 238 g/mol. The van der Waals surface area contributed by atoms with Crippen molar-refractivity contribution in [3.05, 3.63) is 65.7 Å². The van der Waals surface area contributed by atoms with E-state index in [1.54, 1.807) is 0 Å². The third-order valence-corrected chi connectivity index (χ3v) is 2.96. The number of ether oxygens (including phenoxy) is 1. The lowest BCUT2D eigenvalue weighted by molar-refractivity contribution is 0.103. The number of rotatable bonds is 4. The lowest BCUT2D eigenvalue weighted by Crippen LogP contribution is -2.02. The number of ketones is 1. The van der Waals surface area contributed by atoms with Crippen LogP contribution >= 0.6 is 0 Å². The molecule has 0 spiro atoms. The van der Waals surface area contributed by atoms with E-state index in [1.807, 2.05) is 54.6 Å². The highest BCUT2D eigenvalue weighted by atomic mass is 16.5. The largest absolute Gasteiger partial charge is 0.490 e. The second-order valence-corrected chi connectivity index (χ2v) is 4.54. The highest BCUT2D eigenvalue weighted by Gasteiger charge is 2.23. The first-order valence-corrected chi connectivity index (χ1v) is 6.19. The lowest BCUT2D eigenvalue weighted by Gasteiger charge is -2.06. The maximum absolute atomic E-state index is 12.2. The molecule has 3 rings (SSSR count). The summed E-state index contributed by atoms with van der Waals surface area (Å²) in [5.41, 5.74) is 1.39. The van der Waals surface area contributed by atoms with Crippen LogP contribution in [-0.2, 0) is 0 Å². The minimum atomic E-state index is 0.0387. The highest BCUT2D eigenvalue weighted by molar-refractivity contribution is 6.09. The van der Waals surface area contributed by atoms with Crippen molar-refractivity contribution in [3.63, 3.8) is 0 Å². The van der Waals surface area contributed by atoms with Crippen molar-refractivity contribution in [2.75, 3.05) is 0 Å². The fourth-order valence-corrected chi connectivity index (χ4v) is 1.85. The standard InChI is InChI=1S/C16H14O2/c17-16(12-5-2-1-3-6-12)13-7-4-8-15(11-13)18-14-9-10-14/h1-8,11,14H,9-10H2. The maximum atomic E-state index is 12.2. The predicted octanol–water partition coefficient (Wildman–Crippen LogP) is 3.46. The Morgan fingerprint density at radius 2 is 1.67 bits per heavy atom. The first kappa shape index (κ1) is 11.0. The summed E-state index contributed by atoms with van der Waals surface area (Å²) in [7, 11) is 0. The predicted molar refractivity (Wildman–Crippen MR) is 70.0 cm³/mol. The molecular weight excluding hydrogens is 224 g/mol. The van der Waals surface area contributed by atoms with E-state index in [4.69, 9.17) is 4.74 Å². The Kier molecular flexibility index (Phi) is 2.85. The van der Waals surface area contributed by atoms with Gasteiger partial charge in [-0.05, 0) is 25.0 Å². The third kappa shape index (κ3) is 2.43. The van der Waals surface area contributed by atoms with E-state index in [1.165, 1.54) is 0 Å². The Bertz CT molecular complexity index is 556. The van der Waals surface area contributed by atoms with Crippen LogP contribution in [0, 0.1) is 0 Å². The summed E-state index contributed by atoms with van der Waals surface area (Å²) >= 11 is 0. The number of carbonyl (C=O) groups excluding carboxylic acids is 1. The first-order valence-electron chi connectivity index (χ1n) is 6.19. The second-order valence-electron chi connectivity index (χ2n) is 4.54. The zero-order valence-corrected chi connectivity index (χ0v) is 10.0. The summed E-state index contributed by atoms with van der Waals surface area (Å²) < 4.78 is 5.70. The highest BCUT2D eigenvalue weighted by Crippen LogP contribution is 2.27. The van der Waals surface area contributed by atoms with Crippen LogP contribution in [-0.4, -0.2) is 11.9 Å².